The summed E-state index contributed by atoms with van der Waals surface area (Å²) >= 11 is 0. The molecule has 3 rings (SSSR count). The van der Waals surface area contributed by atoms with Gasteiger partial charge in [0.15, 0.2) is 0 Å². The standard InChI is InChI=1S/C20H18F7NO2/c1-12(16-10-14(19(22,23)24)4-7-17(16)20(25,26)27)30-28-8-9-29-11-18(28)13-2-5-15(21)6-3-13/h2-7,10,12,18H,8-9,11H2,1H3/t12-,18-/m1/s1. The highest BCUT2D eigenvalue weighted by molar-refractivity contribution is 5.36. The zero-order valence-corrected chi connectivity index (χ0v) is 15.7. The molecule has 164 valence electrons. The Labute approximate surface area is 168 Å². The summed E-state index contributed by atoms with van der Waals surface area (Å²) in [5, 5.41) is 1.36. The molecule has 1 aliphatic rings. The van der Waals surface area contributed by atoms with Gasteiger partial charge >= 0.3 is 12.4 Å². The highest BCUT2D eigenvalue weighted by atomic mass is 19.4. The number of morpholine rings is 1. The predicted octanol–water partition coefficient (Wildman–Crippen LogP) is 5.93. The molecule has 3 nitrogen and oxygen atoms in total. The molecule has 0 N–H and O–H groups in total. The van der Waals surface area contributed by atoms with Crippen molar-refractivity contribution in [3.05, 3.63) is 70.5 Å². The van der Waals surface area contributed by atoms with Crippen LogP contribution in [0, 0.1) is 5.82 Å². The summed E-state index contributed by atoms with van der Waals surface area (Å²) in [7, 11) is 0. The van der Waals surface area contributed by atoms with E-state index in [1.165, 1.54) is 36.3 Å². The Kier molecular flexibility index (Phi) is 6.40. The van der Waals surface area contributed by atoms with Gasteiger partial charge in [-0.25, -0.2) is 4.39 Å². The predicted molar refractivity (Wildman–Crippen MR) is 92.6 cm³/mol. The third-order valence-corrected chi connectivity index (χ3v) is 4.75. The summed E-state index contributed by atoms with van der Waals surface area (Å²) in [5.74, 6) is -0.463. The molecule has 1 saturated heterocycles. The average molecular weight is 437 g/mol. The largest absolute Gasteiger partial charge is 0.416 e. The van der Waals surface area contributed by atoms with Crippen molar-refractivity contribution in [2.24, 2.45) is 0 Å². The van der Waals surface area contributed by atoms with Gasteiger partial charge in [0, 0.05) is 6.54 Å². The summed E-state index contributed by atoms with van der Waals surface area (Å²) in [6.45, 7) is 1.78. The first-order valence-corrected chi connectivity index (χ1v) is 9.02. The van der Waals surface area contributed by atoms with Crippen LogP contribution in [0.5, 0.6) is 0 Å². The van der Waals surface area contributed by atoms with E-state index in [0.717, 1.165) is 0 Å². The van der Waals surface area contributed by atoms with Gasteiger partial charge in [-0.1, -0.05) is 12.1 Å². The van der Waals surface area contributed by atoms with E-state index >= 15 is 0 Å². The summed E-state index contributed by atoms with van der Waals surface area (Å²) < 4.78 is 97.9. The molecule has 0 saturated carbocycles. The van der Waals surface area contributed by atoms with Gasteiger partial charge in [-0.3, -0.25) is 4.84 Å². The minimum absolute atomic E-state index is 0.132. The zero-order valence-electron chi connectivity index (χ0n) is 15.7. The van der Waals surface area contributed by atoms with Gasteiger partial charge in [0.25, 0.3) is 0 Å². The second-order valence-corrected chi connectivity index (χ2v) is 6.83. The van der Waals surface area contributed by atoms with Crippen LogP contribution >= 0.6 is 0 Å². The van der Waals surface area contributed by atoms with E-state index in [2.05, 4.69) is 0 Å². The number of hydrogen-bond donors (Lipinski definition) is 0. The van der Waals surface area contributed by atoms with Crippen molar-refractivity contribution < 1.29 is 40.3 Å². The normalized spacial score (nSPS) is 19.7. The fourth-order valence-corrected chi connectivity index (χ4v) is 3.26. The van der Waals surface area contributed by atoms with Crippen molar-refractivity contribution in [1.29, 1.82) is 0 Å². The number of rotatable bonds is 4. The molecule has 2 aromatic rings. The average Bonchev–Trinajstić information content (AvgIpc) is 2.67. The van der Waals surface area contributed by atoms with Crippen molar-refractivity contribution in [3.8, 4) is 0 Å². The first-order chi connectivity index (χ1) is 14.0. The van der Waals surface area contributed by atoms with Crippen LogP contribution in [0.15, 0.2) is 42.5 Å². The Bertz CT molecular complexity index is 865. The van der Waals surface area contributed by atoms with Gasteiger partial charge in [-0.2, -0.15) is 31.4 Å². The number of benzene rings is 2. The van der Waals surface area contributed by atoms with Crippen LogP contribution in [0.25, 0.3) is 0 Å². The van der Waals surface area contributed by atoms with Gasteiger partial charge in [0.05, 0.1) is 30.4 Å². The molecule has 1 fully saturated rings. The van der Waals surface area contributed by atoms with E-state index in [1.54, 1.807) is 0 Å². The topological polar surface area (TPSA) is 21.7 Å². The van der Waals surface area contributed by atoms with E-state index in [9.17, 15) is 30.7 Å². The lowest BCUT2D eigenvalue weighted by atomic mass is 9.99. The summed E-state index contributed by atoms with van der Waals surface area (Å²) in [6, 6.07) is 6.13. The minimum Gasteiger partial charge on any atom is -0.378 e. The van der Waals surface area contributed by atoms with Crippen molar-refractivity contribution >= 4 is 0 Å². The first kappa shape index (κ1) is 22.5. The van der Waals surface area contributed by atoms with Crippen LogP contribution in [-0.4, -0.2) is 24.8 Å². The fourth-order valence-electron chi connectivity index (χ4n) is 3.26. The van der Waals surface area contributed by atoms with Gasteiger partial charge in [0.2, 0.25) is 0 Å². The molecule has 1 heterocycles. The maximum absolute atomic E-state index is 13.4. The SMILES string of the molecule is C[C@@H](ON1CCOC[C@@H]1c1ccc(F)cc1)c1cc(C(F)(F)F)ccc1C(F)(F)F. The highest BCUT2D eigenvalue weighted by Gasteiger charge is 2.39. The van der Waals surface area contributed by atoms with Crippen LogP contribution in [-0.2, 0) is 21.9 Å². The Balaban J connectivity index is 1.91. The summed E-state index contributed by atoms with van der Waals surface area (Å²) in [4.78, 5) is 5.67. The molecule has 30 heavy (non-hydrogen) atoms. The van der Waals surface area contributed by atoms with Crippen molar-refractivity contribution in [2.75, 3.05) is 19.8 Å². The number of alkyl halides is 6. The Hall–Kier alpha value is -2.17. The number of halogens is 7. The molecule has 2 aromatic carbocycles. The Morgan fingerprint density at radius 3 is 2.27 bits per heavy atom. The quantitative estimate of drug-likeness (QED) is 0.554. The number of ether oxygens (including phenoxy) is 1. The molecule has 0 bridgehead atoms. The molecule has 2 atom stereocenters. The number of hydroxylamine groups is 2. The second-order valence-electron chi connectivity index (χ2n) is 6.83. The summed E-state index contributed by atoms with van der Waals surface area (Å²) in [5.41, 5.74) is -2.42. The monoisotopic (exact) mass is 437 g/mol. The maximum Gasteiger partial charge on any atom is 0.416 e. The summed E-state index contributed by atoms with van der Waals surface area (Å²) in [6.07, 6.45) is -11.0. The Morgan fingerprint density at radius 2 is 1.67 bits per heavy atom. The molecular weight excluding hydrogens is 419 g/mol. The second kappa shape index (κ2) is 8.52. The fraction of sp³-hybridized carbons (Fsp3) is 0.400. The molecule has 0 unspecified atom stereocenters. The molecule has 0 aromatic heterocycles. The Morgan fingerprint density at radius 1 is 1.00 bits per heavy atom. The lowest BCUT2D eigenvalue weighted by molar-refractivity contribution is -0.254. The van der Waals surface area contributed by atoms with E-state index in [-0.39, 0.29) is 19.8 Å². The van der Waals surface area contributed by atoms with Crippen LogP contribution < -0.4 is 0 Å². The van der Waals surface area contributed by atoms with Crippen molar-refractivity contribution in [3.63, 3.8) is 0 Å². The van der Waals surface area contributed by atoms with Gasteiger partial charge < -0.3 is 4.74 Å². The number of hydrogen-bond acceptors (Lipinski definition) is 3. The van der Waals surface area contributed by atoms with E-state index in [1.807, 2.05) is 0 Å². The van der Waals surface area contributed by atoms with Crippen molar-refractivity contribution in [2.45, 2.75) is 31.4 Å². The first-order valence-electron chi connectivity index (χ1n) is 9.02. The van der Waals surface area contributed by atoms with Crippen LogP contribution in [0.2, 0.25) is 0 Å². The highest BCUT2D eigenvalue weighted by Crippen LogP contribution is 2.40. The maximum atomic E-state index is 13.4. The van der Waals surface area contributed by atoms with Crippen LogP contribution in [0.1, 0.15) is 41.3 Å². The minimum atomic E-state index is -4.85. The molecule has 0 aliphatic carbocycles. The zero-order chi connectivity index (χ0) is 22.1. The molecule has 1 aliphatic heterocycles. The molecule has 0 radical (unpaired) electrons. The van der Waals surface area contributed by atoms with Crippen LogP contribution in [0.3, 0.4) is 0 Å². The third kappa shape index (κ3) is 5.11. The van der Waals surface area contributed by atoms with Gasteiger partial charge in [0.1, 0.15) is 11.9 Å². The third-order valence-electron chi connectivity index (χ3n) is 4.75. The van der Waals surface area contributed by atoms with E-state index in [4.69, 9.17) is 9.57 Å². The van der Waals surface area contributed by atoms with E-state index < -0.39 is 47.0 Å². The molecule has 10 heteroatoms. The lowest BCUT2D eigenvalue weighted by Crippen LogP contribution is -2.40. The lowest BCUT2D eigenvalue weighted by Gasteiger charge is -2.37. The molecule has 0 spiro atoms. The van der Waals surface area contributed by atoms with Gasteiger partial charge in [-0.05, 0) is 48.4 Å². The smallest absolute Gasteiger partial charge is 0.378 e. The van der Waals surface area contributed by atoms with Crippen LogP contribution in [0.4, 0.5) is 30.7 Å². The molecule has 0 amide bonds. The number of nitrogens with zero attached hydrogens (tertiary/aromatic N) is 1. The van der Waals surface area contributed by atoms with E-state index in [0.29, 0.717) is 23.8 Å². The van der Waals surface area contributed by atoms with Gasteiger partial charge in [-0.15, -0.1) is 0 Å². The van der Waals surface area contributed by atoms with Crippen molar-refractivity contribution in [1.82, 2.24) is 5.06 Å². The molecular formula is C20H18F7NO2.